The fourth-order valence-corrected chi connectivity index (χ4v) is 6.54. The van der Waals surface area contributed by atoms with Crippen LogP contribution >= 0.6 is 0 Å². The largest absolute Gasteiger partial charge is 0.737 e. The molecule has 232 valence electrons. The van der Waals surface area contributed by atoms with Gasteiger partial charge in [-0.15, -0.1) is 11.8 Å². The number of rotatable bonds is 14. The second-order valence-electron chi connectivity index (χ2n) is 11.6. The highest BCUT2D eigenvalue weighted by Gasteiger charge is 2.52. The number of amides is 2. The van der Waals surface area contributed by atoms with Crippen LogP contribution in [0, 0.1) is 43.4 Å². The molecule has 1 fully saturated rings. The molecule has 12 heteroatoms. The number of carbonyl (C=O) groups excluding carboxylic acids is 2. The Bertz CT molecular complexity index is 1360. The van der Waals surface area contributed by atoms with Gasteiger partial charge in [-0.05, 0) is 61.8 Å². The Morgan fingerprint density at radius 2 is 1.70 bits per heavy atom. The molecule has 0 bridgehead atoms. The van der Waals surface area contributed by atoms with Crippen LogP contribution in [0.4, 0.5) is 13.4 Å². The number of aryl methyl sites for hydroxylation is 2. The van der Waals surface area contributed by atoms with Gasteiger partial charge >= 0.3 is 13.1 Å². The summed E-state index contributed by atoms with van der Waals surface area (Å²) in [4.78, 5) is 24.3. The van der Waals surface area contributed by atoms with E-state index in [4.69, 9.17) is 14.2 Å². The molecule has 4 aliphatic rings. The van der Waals surface area contributed by atoms with Crippen molar-refractivity contribution in [3.8, 4) is 11.8 Å². The fourth-order valence-electron chi connectivity index (χ4n) is 6.54. The van der Waals surface area contributed by atoms with Crippen molar-refractivity contribution in [1.29, 1.82) is 0 Å². The third kappa shape index (κ3) is 7.39. The van der Waals surface area contributed by atoms with Crippen LogP contribution in [0.2, 0.25) is 0 Å². The highest BCUT2D eigenvalue weighted by atomic mass is 19.2. The van der Waals surface area contributed by atoms with Crippen molar-refractivity contribution in [3.63, 3.8) is 0 Å². The molecule has 43 heavy (non-hydrogen) atoms. The van der Waals surface area contributed by atoms with Crippen molar-refractivity contribution in [2.24, 2.45) is 17.8 Å². The summed E-state index contributed by atoms with van der Waals surface area (Å²) < 4.78 is 49.5. The summed E-state index contributed by atoms with van der Waals surface area (Å²) in [6.07, 6.45) is 9.10. The zero-order valence-electron chi connectivity index (χ0n) is 25.0. The van der Waals surface area contributed by atoms with Gasteiger partial charge in [0.25, 0.3) is 0 Å². The second kappa shape index (κ2) is 13.9. The van der Waals surface area contributed by atoms with Gasteiger partial charge in [0.2, 0.25) is 5.91 Å². The minimum Gasteiger partial charge on any atom is -0.449 e. The van der Waals surface area contributed by atoms with Crippen molar-refractivity contribution in [2.45, 2.75) is 52.4 Å². The Kier molecular flexibility index (Phi) is 10.0. The fraction of sp³-hybridized carbons (Fsp3) is 0.581. The molecule has 0 radical (unpaired) electrons. The molecule has 2 aliphatic heterocycles. The number of hydrogen-bond acceptors (Lipinski definition) is 5. The first-order valence-electron chi connectivity index (χ1n) is 15.3. The van der Waals surface area contributed by atoms with E-state index < -0.39 is 13.1 Å². The Hall–Kier alpha value is -3.43. The molecule has 9 nitrogen and oxygen atoms in total. The first-order valence-corrected chi connectivity index (χ1v) is 15.3. The highest BCUT2D eigenvalue weighted by molar-refractivity contribution is 6.58. The number of fused-ring (bicyclic) bond motifs is 3. The highest BCUT2D eigenvalue weighted by Crippen LogP contribution is 2.52. The minimum atomic E-state index is -4.03. The van der Waals surface area contributed by atoms with Crippen molar-refractivity contribution < 1.29 is 36.9 Å². The maximum atomic E-state index is 15.5. The molecule has 2 N–H and O–H groups in total. The average molecular weight is 599 g/mol. The molecule has 2 aliphatic carbocycles. The maximum absolute atomic E-state index is 15.5. The van der Waals surface area contributed by atoms with E-state index in [1.165, 1.54) is 0 Å². The number of hydrogen-bond donors (Lipinski definition) is 2. The van der Waals surface area contributed by atoms with Crippen LogP contribution in [0.25, 0.3) is 6.08 Å². The summed E-state index contributed by atoms with van der Waals surface area (Å²) in [6.45, 7) is 1.96. The number of halogens is 2. The Balaban J connectivity index is 0.882. The lowest BCUT2D eigenvalue weighted by Crippen LogP contribution is -2.50. The van der Waals surface area contributed by atoms with Crippen LogP contribution in [-0.2, 0) is 19.0 Å². The number of aromatic nitrogens is 1. The van der Waals surface area contributed by atoms with Crippen LogP contribution in [-0.4, -0.2) is 79.8 Å². The lowest BCUT2D eigenvalue weighted by molar-refractivity contribution is -0.362. The number of allylic oxidation sites excluding steroid dienone is 2. The average Bonchev–Trinajstić information content (AvgIpc) is 3.24. The number of nitrogens with one attached hydrogen (secondary N) is 2. The lowest BCUT2D eigenvalue weighted by atomic mass is 9.90. The standard InChI is InChI=1S/C31H41BF2N4O5/c1-22-19-23(2)37-29(22)20-25-10-9-24(38(25)32(37,33)34)11-12-30(39)35-13-15-41-17-18-42-16-14-36-31(40)43-21-28-26-7-5-3-4-6-8-27(26)28/h9-10,19-20,26-28H,5-8,11-18,21H2,1-2H3,(H,35,39)(H,36,40)/t26-,27+,28?. The smallest absolute Gasteiger partial charge is 0.449 e. The van der Waals surface area contributed by atoms with Gasteiger partial charge in [0.05, 0.1) is 33.0 Å². The summed E-state index contributed by atoms with van der Waals surface area (Å²) in [7, 11) is 0. The lowest BCUT2D eigenvalue weighted by Gasteiger charge is -2.30. The van der Waals surface area contributed by atoms with Crippen LogP contribution in [0.3, 0.4) is 0 Å². The van der Waals surface area contributed by atoms with E-state index in [2.05, 4.69) is 22.5 Å². The topological polar surface area (TPSA) is 93.8 Å². The molecule has 1 aromatic rings. The predicted molar refractivity (Wildman–Crippen MR) is 160 cm³/mol. The molecule has 0 spiro atoms. The monoisotopic (exact) mass is 598 g/mol. The maximum Gasteiger partial charge on any atom is 0.737 e. The number of nitrogens with zero attached hydrogens (tertiary/aromatic N) is 2. The van der Waals surface area contributed by atoms with E-state index >= 15 is 8.63 Å². The van der Waals surface area contributed by atoms with Gasteiger partial charge in [-0.2, -0.15) is 0 Å². The van der Waals surface area contributed by atoms with E-state index in [0.717, 1.165) is 40.2 Å². The molecule has 3 heterocycles. The first kappa shape index (κ1) is 31.0. The zero-order chi connectivity index (χ0) is 30.4. The van der Waals surface area contributed by atoms with Gasteiger partial charge in [0.15, 0.2) is 5.70 Å². The van der Waals surface area contributed by atoms with E-state index in [-0.39, 0.29) is 18.7 Å². The molecule has 1 unspecified atom stereocenters. The minimum absolute atomic E-state index is 0.0987. The summed E-state index contributed by atoms with van der Waals surface area (Å²) >= 11 is 0. The Morgan fingerprint density at radius 1 is 1.02 bits per heavy atom. The molecule has 1 saturated carbocycles. The predicted octanol–water partition coefficient (Wildman–Crippen LogP) is 3.80. The quantitative estimate of drug-likeness (QED) is 0.193. The van der Waals surface area contributed by atoms with Crippen molar-refractivity contribution in [1.82, 2.24) is 15.1 Å². The van der Waals surface area contributed by atoms with Gasteiger partial charge in [0, 0.05) is 62.7 Å². The molecular formula is C31H41BF2N4O5. The molecule has 3 atom stereocenters. The van der Waals surface area contributed by atoms with Crippen LogP contribution in [0.1, 0.15) is 55.5 Å². The first-order chi connectivity index (χ1) is 20.8. The van der Waals surface area contributed by atoms with Gasteiger partial charge in [-0.25, -0.2) is 4.79 Å². The molecule has 1 aromatic heterocycles. The summed E-state index contributed by atoms with van der Waals surface area (Å²) in [5.41, 5.74) is 2.75. The van der Waals surface area contributed by atoms with Gasteiger partial charge in [-0.1, -0.05) is 0 Å². The number of alkyl carbamates (subject to hydrolysis) is 1. The van der Waals surface area contributed by atoms with Crippen LogP contribution < -0.4 is 10.6 Å². The van der Waals surface area contributed by atoms with Crippen LogP contribution in [0.15, 0.2) is 23.9 Å². The van der Waals surface area contributed by atoms with E-state index in [9.17, 15) is 9.59 Å². The van der Waals surface area contributed by atoms with Crippen LogP contribution in [0.5, 0.6) is 0 Å². The van der Waals surface area contributed by atoms with Crippen molar-refractivity contribution in [3.05, 3.63) is 40.9 Å². The Labute approximate surface area is 251 Å². The van der Waals surface area contributed by atoms with Gasteiger partial charge in [0.1, 0.15) is 5.71 Å². The molecule has 2 amide bonds. The molecule has 5 rings (SSSR count). The second-order valence-corrected chi connectivity index (χ2v) is 11.6. The third-order valence-electron chi connectivity index (χ3n) is 8.72. The van der Waals surface area contributed by atoms with E-state index in [0.29, 0.717) is 86.7 Å². The van der Waals surface area contributed by atoms with E-state index in [1.54, 1.807) is 31.2 Å². The van der Waals surface area contributed by atoms with Crippen molar-refractivity contribution in [2.75, 3.05) is 46.1 Å². The zero-order valence-corrected chi connectivity index (χ0v) is 25.0. The number of carbonyl (C=O) groups is 2. The summed E-state index contributed by atoms with van der Waals surface area (Å²) in [5.74, 6) is 7.90. The van der Waals surface area contributed by atoms with Gasteiger partial charge < -0.3 is 42.4 Å². The summed E-state index contributed by atoms with van der Waals surface area (Å²) in [5, 5.41) is 5.47. The third-order valence-corrected chi connectivity index (χ3v) is 8.72. The summed E-state index contributed by atoms with van der Waals surface area (Å²) in [6, 6.07) is 1.77. The Morgan fingerprint density at radius 3 is 2.40 bits per heavy atom. The molecular weight excluding hydrogens is 557 g/mol. The molecule has 0 aromatic carbocycles. The molecule has 0 saturated heterocycles. The van der Waals surface area contributed by atoms with Crippen molar-refractivity contribution >= 4 is 30.8 Å². The van der Waals surface area contributed by atoms with Gasteiger partial charge in [-0.3, -0.25) is 4.79 Å². The normalized spacial score (nSPS) is 22.7. The SMILES string of the molecule is Cc1cc(C)n2c1C=C1C=CC(CCC(=O)NCCOCCOCCNC(=O)OCC3[C@H]4CCC#CCC[C@@H]34)=[N+]1[B-]2(F)F. The van der Waals surface area contributed by atoms with E-state index in [1.807, 2.05) is 6.92 Å². The number of ether oxygens (including phenoxy) is 3.